The number of esters is 1. The average molecular weight is 417 g/mol. The number of hydrogen-bond donors (Lipinski definition) is 2. The summed E-state index contributed by atoms with van der Waals surface area (Å²) in [6.07, 6.45) is 2.48. The number of hydrogen-bond acceptors (Lipinski definition) is 4. The molecule has 5 heteroatoms. The number of rotatable bonds is 8. The maximum atomic E-state index is 12.3. The summed E-state index contributed by atoms with van der Waals surface area (Å²) in [7, 11) is 0. The molecule has 0 spiro atoms. The molecule has 2 N–H and O–H groups in total. The van der Waals surface area contributed by atoms with E-state index in [9.17, 15) is 9.59 Å². The SMILES string of the molecule is C[C@@H](NCCCc1ccc(C(=O)N[C@@H]2CCOC2=O)cc1)c1cccc2ccccc12. The van der Waals surface area contributed by atoms with Crippen LogP contribution in [-0.4, -0.2) is 31.1 Å². The smallest absolute Gasteiger partial charge is 0.328 e. The second-order valence-corrected chi connectivity index (χ2v) is 8.03. The fourth-order valence-electron chi connectivity index (χ4n) is 4.04. The largest absolute Gasteiger partial charge is 0.464 e. The number of carbonyl (C=O) groups is 2. The highest BCUT2D eigenvalue weighted by Gasteiger charge is 2.28. The van der Waals surface area contributed by atoms with Gasteiger partial charge in [0.05, 0.1) is 6.61 Å². The first-order valence-electron chi connectivity index (χ1n) is 10.9. The molecule has 0 aromatic heterocycles. The number of fused-ring (bicyclic) bond motifs is 1. The van der Waals surface area contributed by atoms with Gasteiger partial charge >= 0.3 is 5.97 Å². The maximum absolute atomic E-state index is 12.3. The van der Waals surface area contributed by atoms with Crippen molar-refractivity contribution in [1.82, 2.24) is 10.6 Å². The highest BCUT2D eigenvalue weighted by molar-refractivity contribution is 5.97. The summed E-state index contributed by atoms with van der Waals surface area (Å²) >= 11 is 0. The highest BCUT2D eigenvalue weighted by Crippen LogP contribution is 2.24. The van der Waals surface area contributed by atoms with Crippen LogP contribution in [0.2, 0.25) is 0 Å². The van der Waals surface area contributed by atoms with E-state index in [4.69, 9.17) is 4.74 Å². The fourth-order valence-corrected chi connectivity index (χ4v) is 4.04. The lowest BCUT2D eigenvalue weighted by Gasteiger charge is -2.16. The van der Waals surface area contributed by atoms with E-state index in [0.717, 1.165) is 19.4 Å². The highest BCUT2D eigenvalue weighted by atomic mass is 16.5. The molecular formula is C26H28N2O3. The lowest BCUT2D eigenvalue weighted by molar-refractivity contribution is -0.139. The Bertz CT molecular complexity index is 1060. The molecule has 160 valence electrons. The zero-order chi connectivity index (χ0) is 21.6. The van der Waals surface area contributed by atoms with E-state index in [1.54, 1.807) is 0 Å². The minimum absolute atomic E-state index is 0.235. The van der Waals surface area contributed by atoms with Gasteiger partial charge in [-0.15, -0.1) is 0 Å². The Balaban J connectivity index is 1.25. The maximum Gasteiger partial charge on any atom is 0.328 e. The molecule has 0 bridgehead atoms. The van der Waals surface area contributed by atoms with Gasteiger partial charge in [0.1, 0.15) is 6.04 Å². The van der Waals surface area contributed by atoms with Gasteiger partial charge in [-0.05, 0) is 60.3 Å². The predicted molar refractivity (Wildman–Crippen MR) is 122 cm³/mol. The lowest BCUT2D eigenvalue weighted by Crippen LogP contribution is -2.37. The monoisotopic (exact) mass is 416 g/mol. The molecule has 2 atom stereocenters. The van der Waals surface area contributed by atoms with Crippen molar-refractivity contribution in [2.75, 3.05) is 13.2 Å². The molecule has 1 aliphatic rings. The van der Waals surface area contributed by atoms with Crippen LogP contribution >= 0.6 is 0 Å². The Hall–Kier alpha value is -3.18. The van der Waals surface area contributed by atoms with Crippen LogP contribution in [-0.2, 0) is 16.0 Å². The molecule has 0 aliphatic carbocycles. The second kappa shape index (κ2) is 9.75. The molecule has 1 saturated heterocycles. The van der Waals surface area contributed by atoms with Gasteiger partial charge in [0.25, 0.3) is 5.91 Å². The summed E-state index contributed by atoms with van der Waals surface area (Å²) in [5.74, 6) is -0.587. The van der Waals surface area contributed by atoms with Crippen LogP contribution in [0.15, 0.2) is 66.7 Å². The van der Waals surface area contributed by atoms with Gasteiger partial charge in [-0.2, -0.15) is 0 Å². The number of ether oxygens (including phenoxy) is 1. The molecule has 4 rings (SSSR count). The molecule has 0 radical (unpaired) electrons. The quantitative estimate of drug-likeness (QED) is 0.427. The number of carbonyl (C=O) groups excluding carboxylic acids is 2. The minimum Gasteiger partial charge on any atom is -0.464 e. The van der Waals surface area contributed by atoms with Crippen LogP contribution in [0.5, 0.6) is 0 Å². The van der Waals surface area contributed by atoms with E-state index in [1.165, 1.54) is 21.9 Å². The molecule has 1 aliphatic heterocycles. The van der Waals surface area contributed by atoms with Crippen molar-refractivity contribution >= 4 is 22.6 Å². The van der Waals surface area contributed by atoms with Crippen molar-refractivity contribution in [2.24, 2.45) is 0 Å². The number of benzene rings is 3. The summed E-state index contributed by atoms with van der Waals surface area (Å²) in [5, 5.41) is 8.92. The van der Waals surface area contributed by atoms with Crippen molar-refractivity contribution in [2.45, 2.75) is 38.3 Å². The van der Waals surface area contributed by atoms with Crippen LogP contribution in [0.25, 0.3) is 10.8 Å². The number of cyclic esters (lactones) is 1. The van der Waals surface area contributed by atoms with E-state index in [0.29, 0.717) is 18.6 Å². The van der Waals surface area contributed by atoms with E-state index in [2.05, 4.69) is 60.0 Å². The van der Waals surface area contributed by atoms with E-state index >= 15 is 0 Å². The standard InChI is InChI=1S/C26H28N2O3/c1-18(22-10-4-8-20-7-2-3-9-23(20)22)27-16-5-6-19-11-13-21(14-12-19)25(29)28-24-15-17-31-26(24)30/h2-4,7-14,18,24,27H,5-6,15-17H2,1H3,(H,28,29)/t18-,24-/m1/s1. The second-order valence-electron chi connectivity index (χ2n) is 8.03. The normalized spacial score (nSPS) is 16.8. The van der Waals surface area contributed by atoms with Crippen LogP contribution in [0, 0.1) is 0 Å². The third-order valence-electron chi connectivity index (χ3n) is 5.84. The van der Waals surface area contributed by atoms with Gasteiger partial charge in [0, 0.05) is 18.0 Å². The topological polar surface area (TPSA) is 67.4 Å². The molecule has 1 heterocycles. The van der Waals surface area contributed by atoms with Crippen molar-refractivity contribution < 1.29 is 14.3 Å². The Morgan fingerprint density at radius 3 is 2.61 bits per heavy atom. The van der Waals surface area contributed by atoms with E-state index < -0.39 is 6.04 Å². The fraction of sp³-hybridized carbons (Fsp3) is 0.308. The molecular weight excluding hydrogens is 388 g/mol. The Kier molecular flexibility index (Phi) is 6.63. The van der Waals surface area contributed by atoms with Crippen LogP contribution in [0.3, 0.4) is 0 Å². The molecule has 5 nitrogen and oxygen atoms in total. The first-order valence-corrected chi connectivity index (χ1v) is 10.9. The summed E-state index contributed by atoms with van der Waals surface area (Å²) in [5.41, 5.74) is 3.07. The summed E-state index contributed by atoms with van der Waals surface area (Å²) < 4.78 is 4.88. The molecule has 3 aromatic carbocycles. The van der Waals surface area contributed by atoms with Crippen molar-refractivity contribution in [3.8, 4) is 0 Å². The average Bonchev–Trinajstić information content (AvgIpc) is 3.20. The zero-order valence-corrected chi connectivity index (χ0v) is 17.8. The lowest BCUT2D eigenvalue weighted by atomic mass is 9.99. The Morgan fingerprint density at radius 1 is 1.06 bits per heavy atom. The third-order valence-corrected chi connectivity index (χ3v) is 5.84. The van der Waals surface area contributed by atoms with E-state index in [1.807, 2.05) is 24.3 Å². The van der Waals surface area contributed by atoms with Crippen LogP contribution in [0.1, 0.15) is 47.3 Å². The summed E-state index contributed by atoms with van der Waals surface area (Å²) in [6, 6.07) is 22.3. The van der Waals surface area contributed by atoms with Gasteiger partial charge in [-0.3, -0.25) is 4.79 Å². The van der Waals surface area contributed by atoms with Gasteiger partial charge < -0.3 is 15.4 Å². The first kappa shape index (κ1) is 21.1. The Labute approximate surface area is 182 Å². The molecule has 0 saturated carbocycles. The predicted octanol–water partition coefficient (Wildman–Crippen LogP) is 4.17. The number of nitrogens with one attached hydrogen (secondary N) is 2. The van der Waals surface area contributed by atoms with Gasteiger partial charge in [-0.25, -0.2) is 4.79 Å². The number of amides is 1. The molecule has 3 aromatic rings. The van der Waals surface area contributed by atoms with Crippen LogP contribution in [0.4, 0.5) is 0 Å². The number of aryl methyl sites for hydroxylation is 1. The zero-order valence-electron chi connectivity index (χ0n) is 17.8. The molecule has 0 unspecified atom stereocenters. The van der Waals surface area contributed by atoms with Crippen molar-refractivity contribution in [3.63, 3.8) is 0 Å². The summed E-state index contributed by atoms with van der Waals surface area (Å²) in [4.78, 5) is 23.8. The minimum atomic E-state index is -0.526. The van der Waals surface area contributed by atoms with Gasteiger partial charge in [0.2, 0.25) is 0 Å². The van der Waals surface area contributed by atoms with Gasteiger partial charge in [0.15, 0.2) is 0 Å². The van der Waals surface area contributed by atoms with Gasteiger partial charge in [-0.1, -0.05) is 54.6 Å². The van der Waals surface area contributed by atoms with Crippen molar-refractivity contribution in [3.05, 3.63) is 83.4 Å². The Morgan fingerprint density at radius 2 is 1.84 bits per heavy atom. The first-order chi connectivity index (χ1) is 15.1. The molecule has 1 fully saturated rings. The van der Waals surface area contributed by atoms with Crippen LogP contribution < -0.4 is 10.6 Å². The summed E-state index contributed by atoms with van der Waals surface area (Å²) in [6.45, 7) is 3.49. The van der Waals surface area contributed by atoms with E-state index in [-0.39, 0.29) is 17.9 Å². The molecule has 1 amide bonds. The van der Waals surface area contributed by atoms with Crippen molar-refractivity contribution in [1.29, 1.82) is 0 Å². The third kappa shape index (κ3) is 5.12. The molecule has 31 heavy (non-hydrogen) atoms.